The molecule has 1 aromatic carbocycles. The molecule has 0 N–H and O–H groups in total. The Kier molecular flexibility index (Phi) is 5.26. The first-order valence-corrected chi connectivity index (χ1v) is 9.11. The van der Waals surface area contributed by atoms with E-state index in [1.807, 2.05) is 4.90 Å². The highest BCUT2D eigenvalue weighted by molar-refractivity contribution is 5.78. The van der Waals surface area contributed by atoms with Crippen molar-refractivity contribution in [2.75, 3.05) is 33.8 Å². The summed E-state index contributed by atoms with van der Waals surface area (Å²) in [6.45, 7) is 4.57. The summed E-state index contributed by atoms with van der Waals surface area (Å²) in [4.78, 5) is 16.9. The van der Waals surface area contributed by atoms with Gasteiger partial charge in [-0.3, -0.25) is 4.79 Å². The molecule has 1 atom stereocenters. The third-order valence-electron chi connectivity index (χ3n) is 5.70. The second-order valence-electron chi connectivity index (χ2n) is 7.68. The van der Waals surface area contributed by atoms with Gasteiger partial charge in [-0.1, -0.05) is 29.8 Å². The van der Waals surface area contributed by atoms with Crippen molar-refractivity contribution in [3.8, 4) is 0 Å². The highest BCUT2D eigenvalue weighted by Gasteiger charge is 2.41. The topological polar surface area (TPSA) is 32.8 Å². The minimum Gasteiger partial charge on any atom is -0.375 e. The number of benzene rings is 1. The maximum Gasteiger partial charge on any atom is 0.226 e. The second kappa shape index (κ2) is 7.24. The van der Waals surface area contributed by atoms with Gasteiger partial charge in [0.05, 0.1) is 12.0 Å². The lowest BCUT2D eigenvalue weighted by Crippen LogP contribution is -2.53. The van der Waals surface area contributed by atoms with Crippen molar-refractivity contribution in [1.82, 2.24) is 9.80 Å². The molecule has 1 amide bonds. The lowest BCUT2D eigenvalue weighted by Gasteiger charge is -2.47. The zero-order valence-electron chi connectivity index (χ0n) is 15.3. The number of carbonyl (C=O) groups excluding carboxylic acids is 1. The Labute approximate surface area is 145 Å². The molecule has 132 valence electrons. The van der Waals surface area contributed by atoms with E-state index in [2.05, 4.69) is 50.2 Å². The summed E-state index contributed by atoms with van der Waals surface area (Å²) in [5.41, 5.74) is 2.33. The van der Waals surface area contributed by atoms with Crippen molar-refractivity contribution in [1.29, 1.82) is 0 Å². The summed E-state index contributed by atoms with van der Waals surface area (Å²) in [7, 11) is 4.31. The number of piperidine rings is 1. The van der Waals surface area contributed by atoms with Crippen LogP contribution in [0.5, 0.6) is 0 Å². The number of amides is 1. The van der Waals surface area contributed by atoms with Crippen molar-refractivity contribution in [2.24, 2.45) is 0 Å². The van der Waals surface area contributed by atoms with Gasteiger partial charge in [0.1, 0.15) is 0 Å². The number of likely N-dealkylation sites (tertiary alicyclic amines) is 1. The molecular formula is C20H30N2O2. The molecule has 0 bridgehead atoms. The van der Waals surface area contributed by atoms with Crippen LogP contribution in [0.3, 0.4) is 0 Å². The quantitative estimate of drug-likeness (QED) is 0.854. The van der Waals surface area contributed by atoms with Crippen LogP contribution in [0.1, 0.15) is 36.8 Å². The number of nitrogens with zero attached hydrogens (tertiary/aromatic N) is 2. The van der Waals surface area contributed by atoms with Gasteiger partial charge in [0, 0.05) is 25.7 Å². The maximum atomic E-state index is 12.6. The summed E-state index contributed by atoms with van der Waals surface area (Å²) in [6, 6.07) is 8.87. The second-order valence-corrected chi connectivity index (χ2v) is 7.68. The van der Waals surface area contributed by atoms with Gasteiger partial charge in [0.25, 0.3) is 0 Å². The van der Waals surface area contributed by atoms with E-state index >= 15 is 0 Å². The molecule has 2 aliphatic rings. The van der Waals surface area contributed by atoms with Crippen LogP contribution < -0.4 is 0 Å². The fourth-order valence-electron chi connectivity index (χ4n) is 3.95. The van der Waals surface area contributed by atoms with E-state index in [1.54, 1.807) is 0 Å². The number of aryl methyl sites for hydroxylation is 1. The van der Waals surface area contributed by atoms with Crippen molar-refractivity contribution < 1.29 is 9.53 Å². The van der Waals surface area contributed by atoms with Crippen molar-refractivity contribution >= 4 is 5.91 Å². The molecule has 0 radical (unpaired) electrons. The zero-order chi connectivity index (χ0) is 17.2. The molecule has 1 aromatic rings. The predicted octanol–water partition coefficient (Wildman–Crippen LogP) is 2.64. The summed E-state index contributed by atoms with van der Waals surface area (Å²) >= 11 is 0. The Hall–Kier alpha value is -1.39. The third kappa shape index (κ3) is 3.98. The van der Waals surface area contributed by atoms with Crippen LogP contribution in [0.4, 0.5) is 0 Å². The SMILES string of the molecule is Cc1ccc(CC(=O)N2CCC3(CC2)CC(N(C)C)CCO3)cc1. The van der Waals surface area contributed by atoms with Gasteiger partial charge in [-0.25, -0.2) is 0 Å². The standard InChI is InChI=1S/C20H30N2O2/c1-16-4-6-17(7-5-16)14-19(23)22-11-9-20(10-12-22)15-18(21(2)3)8-13-24-20/h4-7,18H,8-15H2,1-3H3. The van der Waals surface area contributed by atoms with Gasteiger partial charge in [-0.15, -0.1) is 0 Å². The van der Waals surface area contributed by atoms with Gasteiger partial charge < -0.3 is 14.5 Å². The molecule has 2 fully saturated rings. The molecular weight excluding hydrogens is 300 g/mol. The molecule has 4 heteroatoms. The first-order chi connectivity index (χ1) is 11.5. The van der Waals surface area contributed by atoms with E-state index in [0.717, 1.165) is 50.9 Å². The predicted molar refractivity (Wildman–Crippen MR) is 96.1 cm³/mol. The molecule has 4 nitrogen and oxygen atoms in total. The van der Waals surface area contributed by atoms with Crippen molar-refractivity contribution in [3.05, 3.63) is 35.4 Å². The van der Waals surface area contributed by atoms with Crippen LogP contribution in [0.15, 0.2) is 24.3 Å². The summed E-state index contributed by atoms with van der Waals surface area (Å²) in [5, 5.41) is 0. The highest BCUT2D eigenvalue weighted by Crippen LogP contribution is 2.36. The highest BCUT2D eigenvalue weighted by atomic mass is 16.5. The van der Waals surface area contributed by atoms with Crippen LogP contribution in [0, 0.1) is 6.92 Å². The first kappa shape index (κ1) is 17.4. The van der Waals surface area contributed by atoms with Gasteiger partial charge in [-0.2, -0.15) is 0 Å². The van der Waals surface area contributed by atoms with Gasteiger partial charge in [0.15, 0.2) is 0 Å². The Morgan fingerprint density at radius 1 is 1.25 bits per heavy atom. The molecule has 0 aliphatic carbocycles. The number of hydrogen-bond acceptors (Lipinski definition) is 3. The van der Waals surface area contributed by atoms with Gasteiger partial charge >= 0.3 is 0 Å². The molecule has 2 saturated heterocycles. The average Bonchev–Trinajstić information content (AvgIpc) is 2.57. The van der Waals surface area contributed by atoms with E-state index in [0.29, 0.717) is 12.5 Å². The van der Waals surface area contributed by atoms with Crippen LogP contribution in [-0.4, -0.2) is 61.1 Å². The normalized spacial score (nSPS) is 23.7. The lowest BCUT2D eigenvalue weighted by molar-refractivity contribution is -0.147. The summed E-state index contributed by atoms with van der Waals surface area (Å²) < 4.78 is 6.18. The molecule has 0 aromatic heterocycles. The van der Waals surface area contributed by atoms with Crippen molar-refractivity contribution in [3.63, 3.8) is 0 Å². The molecule has 1 unspecified atom stereocenters. The van der Waals surface area contributed by atoms with Crippen molar-refractivity contribution in [2.45, 2.75) is 50.7 Å². The largest absolute Gasteiger partial charge is 0.375 e. The molecule has 3 rings (SSSR count). The van der Waals surface area contributed by atoms with E-state index in [-0.39, 0.29) is 11.5 Å². The van der Waals surface area contributed by atoms with E-state index < -0.39 is 0 Å². The number of hydrogen-bond donors (Lipinski definition) is 0. The van der Waals surface area contributed by atoms with E-state index in [1.165, 1.54) is 5.56 Å². The Balaban J connectivity index is 1.54. The number of carbonyl (C=O) groups is 1. The van der Waals surface area contributed by atoms with E-state index in [9.17, 15) is 4.79 Å². The van der Waals surface area contributed by atoms with E-state index in [4.69, 9.17) is 4.74 Å². The average molecular weight is 330 g/mol. The van der Waals surface area contributed by atoms with Gasteiger partial charge in [0.2, 0.25) is 5.91 Å². The number of rotatable bonds is 3. The fraction of sp³-hybridized carbons (Fsp3) is 0.650. The molecule has 1 spiro atoms. The monoisotopic (exact) mass is 330 g/mol. The lowest BCUT2D eigenvalue weighted by atomic mass is 9.82. The van der Waals surface area contributed by atoms with Crippen LogP contribution in [0.2, 0.25) is 0 Å². The van der Waals surface area contributed by atoms with Crippen LogP contribution >= 0.6 is 0 Å². The minimum atomic E-state index is -0.00613. The Bertz CT molecular complexity index is 560. The van der Waals surface area contributed by atoms with Crippen LogP contribution in [0.25, 0.3) is 0 Å². The third-order valence-corrected chi connectivity index (χ3v) is 5.70. The first-order valence-electron chi connectivity index (χ1n) is 9.11. The summed E-state index contributed by atoms with van der Waals surface area (Å²) in [6.07, 6.45) is 4.66. The van der Waals surface area contributed by atoms with Crippen LogP contribution in [-0.2, 0) is 16.0 Å². The number of ether oxygens (including phenoxy) is 1. The molecule has 24 heavy (non-hydrogen) atoms. The zero-order valence-corrected chi connectivity index (χ0v) is 15.3. The Morgan fingerprint density at radius 2 is 1.92 bits per heavy atom. The fourth-order valence-corrected chi connectivity index (χ4v) is 3.95. The smallest absolute Gasteiger partial charge is 0.226 e. The minimum absolute atomic E-state index is 0.00613. The maximum absolute atomic E-state index is 12.6. The molecule has 2 aliphatic heterocycles. The summed E-state index contributed by atoms with van der Waals surface area (Å²) in [5.74, 6) is 0.244. The molecule has 0 saturated carbocycles. The van der Waals surface area contributed by atoms with Gasteiger partial charge in [-0.05, 0) is 52.3 Å². The molecule has 2 heterocycles. The Morgan fingerprint density at radius 3 is 2.54 bits per heavy atom.